The van der Waals surface area contributed by atoms with Crippen LogP contribution in [0.5, 0.6) is 11.5 Å². The number of aromatic nitrogens is 2. The van der Waals surface area contributed by atoms with Crippen molar-refractivity contribution >= 4 is 11.9 Å². The van der Waals surface area contributed by atoms with Gasteiger partial charge in [-0.3, -0.25) is 0 Å². The van der Waals surface area contributed by atoms with Crippen LogP contribution in [0.4, 0.5) is 15.0 Å². The van der Waals surface area contributed by atoms with E-state index >= 15 is 0 Å². The molecular formula is C28H33FN4O4. The second kappa shape index (κ2) is 11.1. The lowest BCUT2D eigenvalue weighted by Crippen LogP contribution is -2.50. The van der Waals surface area contributed by atoms with Gasteiger partial charge < -0.3 is 24.0 Å². The molecule has 1 fully saturated rings. The standard InChI is InChI=1S/C28H33FN4O4/c1-19(35-5)21-8-6-7-9-22(21)23-16-20(29)10-11-24(23)36-25-17-30-18-31-26(25)32-12-14-33(15-13-32)27(34)37-28(2,3)4/h6-11,16-19H,12-15H2,1-5H3. The van der Waals surface area contributed by atoms with Crippen molar-refractivity contribution in [2.75, 3.05) is 38.2 Å². The molecule has 0 radical (unpaired) electrons. The summed E-state index contributed by atoms with van der Waals surface area (Å²) in [5, 5.41) is 0. The van der Waals surface area contributed by atoms with Gasteiger partial charge in [0.1, 0.15) is 23.5 Å². The van der Waals surface area contributed by atoms with Gasteiger partial charge >= 0.3 is 6.09 Å². The number of halogens is 1. The van der Waals surface area contributed by atoms with Crippen LogP contribution in [0.15, 0.2) is 55.0 Å². The monoisotopic (exact) mass is 508 g/mol. The molecule has 1 aliphatic heterocycles. The number of amides is 1. The lowest BCUT2D eigenvalue weighted by molar-refractivity contribution is 0.0240. The topological polar surface area (TPSA) is 77.0 Å². The van der Waals surface area contributed by atoms with Gasteiger partial charge in [-0.25, -0.2) is 19.2 Å². The Kier molecular flexibility index (Phi) is 7.92. The van der Waals surface area contributed by atoms with Crippen LogP contribution in [0.2, 0.25) is 0 Å². The Balaban J connectivity index is 1.59. The SMILES string of the molecule is COC(C)c1ccccc1-c1cc(F)ccc1Oc1cncnc1N1CCN(C(=O)OC(C)(C)C)CC1. The van der Waals surface area contributed by atoms with Crippen molar-refractivity contribution < 1.29 is 23.4 Å². The van der Waals surface area contributed by atoms with Crippen LogP contribution in [0.3, 0.4) is 0 Å². The van der Waals surface area contributed by atoms with Crippen LogP contribution in [-0.4, -0.2) is 59.9 Å². The van der Waals surface area contributed by atoms with Gasteiger partial charge in [0.2, 0.25) is 0 Å². The molecule has 4 rings (SSSR count). The Labute approximate surface area is 217 Å². The van der Waals surface area contributed by atoms with E-state index in [9.17, 15) is 9.18 Å². The summed E-state index contributed by atoms with van der Waals surface area (Å²) in [6.07, 6.45) is 2.54. The number of carbonyl (C=O) groups is 1. The van der Waals surface area contributed by atoms with Gasteiger partial charge in [-0.2, -0.15) is 0 Å². The largest absolute Gasteiger partial charge is 0.451 e. The molecule has 0 bridgehead atoms. The fourth-order valence-electron chi connectivity index (χ4n) is 4.19. The number of nitrogens with zero attached hydrogens (tertiary/aromatic N) is 4. The van der Waals surface area contributed by atoms with Crippen molar-refractivity contribution in [1.29, 1.82) is 0 Å². The maximum atomic E-state index is 14.4. The molecule has 8 nitrogen and oxygen atoms in total. The Morgan fingerprint density at radius 1 is 1.03 bits per heavy atom. The molecule has 37 heavy (non-hydrogen) atoms. The Bertz CT molecular complexity index is 1240. The predicted octanol–water partition coefficient (Wildman–Crippen LogP) is 5.84. The molecule has 1 saturated heterocycles. The highest BCUT2D eigenvalue weighted by Crippen LogP contribution is 2.40. The van der Waals surface area contributed by atoms with Crippen LogP contribution in [0.1, 0.15) is 39.4 Å². The Hall–Kier alpha value is -3.72. The number of ether oxygens (including phenoxy) is 3. The van der Waals surface area contributed by atoms with Crippen molar-refractivity contribution in [1.82, 2.24) is 14.9 Å². The van der Waals surface area contributed by atoms with E-state index in [2.05, 4.69) is 9.97 Å². The number of piperazine rings is 1. The van der Waals surface area contributed by atoms with E-state index < -0.39 is 5.60 Å². The normalized spacial score (nSPS) is 14.9. The first-order chi connectivity index (χ1) is 17.7. The third kappa shape index (κ3) is 6.35. The molecule has 1 unspecified atom stereocenters. The lowest BCUT2D eigenvalue weighted by Gasteiger charge is -2.36. The number of benzene rings is 2. The first-order valence-corrected chi connectivity index (χ1v) is 12.3. The minimum atomic E-state index is -0.547. The molecule has 3 aromatic rings. The summed E-state index contributed by atoms with van der Waals surface area (Å²) in [6.45, 7) is 9.58. The zero-order valence-corrected chi connectivity index (χ0v) is 21.9. The molecule has 0 spiro atoms. The van der Waals surface area contributed by atoms with Crippen LogP contribution in [0.25, 0.3) is 11.1 Å². The number of carbonyl (C=O) groups excluding carboxylic acids is 1. The zero-order valence-electron chi connectivity index (χ0n) is 21.9. The molecule has 1 aromatic heterocycles. The van der Waals surface area contributed by atoms with Crippen molar-refractivity contribution in [2.45, 2.75) is 39.4 Å². The maximum Gasteiger partial charge on any atom is 0.410 e. The fraction of sp³-hybridized carbons (Fsp3) is 0.393. The van der Waals surface area contributed by atoms with E-state index in [1.807, 2.05) is 56.9 Å². The van der Waals surface area contributed by atoms with E-state index in [0.717, 1.165) is 11.1 Å². The molecule has 0 saturated carbocycles. The van der Waals surface area contributed by atoms with Crippen LogP contribution < -0.4 is 9.64 Å². The first-order valence-electron chi connectivity index (χ1n) is 12.3. The number of anilines is 1. The highest BCUT2D eigenvalue weighted by atomic mass is 19.1. The molecular weight excluding hydrogens is 475 g/mol. The molecule has 9 heteroatoms. The predicted molar refractivity (Wildman–Crippen MR) is 139 cm³/mol. The lowest BCUT2D eigenvalue weighted by atomic mass is 9.96. The van der Waals surface area contributed by atoms with E-state index in [4.69, 9.17) is 14.2 Å². The molecule has 0 N–H and O–H groups in total. The van der Waals surface area contributed by atoms with E-state index in [1.165, 1.54) is 18.5 Å². The van der Waals surface area contributed by atoms with E-state index in [0.29, 0.717) is 49.1 Å². The van der Waals surface area contributed by atoms with Gasteiger partial charge in [0.15, 0.2) is 11.6 Å². The molecule has 2 aromatic carbocycles. The van der Waals surface area contributed by atoms with Crippen LogP contribution in [-0.2, 0) is 9.47 Å². The Morgan fingerprint density at radius 3 is 2.46 bits per heavy atom. The highest BCUT2D eigenvalue weighted by Gasteiger charge is 2.28. The molecule has 196 valence electrons. The van der Waals surface area contributed by atoms with E-state index in [-0.39, 0.29) is 18.0 Å². The van der Waals surface area contributed by atoms with Gasteiger partial charge in [0.05, 0.1) is 12.3 Å². The highest BCUT2D eigenvalue weighted by molar-refractivity contribution is 5.75. The summed E-state index contributed by atoms with van der Waals surface area (Å²) in [7, 11) is 1.64. The van der Waals surface area contributed by atoms with Gasteiger partial charge in [-0.1, -0.05) is 24.3 Å². The minimum absolute atomic E-state index is 0.191. The fourth-order valence-corrected chi connectivity index (χ4v) is 4.19. The Morgan fingerprint density at radius 2 is 1.76 bits per heavy atom. The molecule has 1 aliphatic rings. The summed E-state index contributed by atoms with van der Waals surface area (Å²) >= 11 is 0. The molecule has 0 aliphatic carbocycles. The van der Waals surface area contributed by atoms with Crippen molar-refractivity contribution in [2.24, 2.45) is 0 Å². The number of rotatable bonds is 6. The molecule has 1 atom stereocenters. The van der Waals surface area contributed by atoms with E-state index in [1.54, 1.807) is 24.3 Å². The summed E-state index contributed by atoms with van der Waals surface area (Å²) in [6, 6.07) is 12.1. The maximum absolute atomic E-state index is 14.4. The van der Waals surface area contributed by atoms with Gasteiger partial charge in [-0.15, -0.1) is 0 Å². The minimum Gasteiger partial charge on any atom is -0.451 e. The van der Waals surface area contributed by atoms with Gasteiger partial charge in [0, 0.05) is 38.9 Å². The number of hydrogen-bond acceptors (Lipinski definition) is 7. The van der Waals surface area contributed by atoms with Crippen LogP contribution >= 0.6 is 0 Å². The summed E-state index contributed by atoms with van der Waals surface area (Å²) in [4.78, 5) is 24.8. The molecule has 2 heterocycles. The van der Waals surface area contributed by atoms with Crippen molar-refractivity contribution in [3.8, 4) is 22.6 Å². The smallest absolute Gasteiger partial charge is 0.410 e. The van der Waals surface area contributed by atoms with Crippen LogP contribution in [0, 0.1) is 5.82 Å². The first kappa shape index (κ1) is 26.3. The van der Waals surface area contributed by atoms with Gasteiger partial charge in [0.25, 0.3) is 0 Å². The summed E-state index contributed by atoms with van der Waals surface area (Å²) in [5.41, 5.74) is 1.79. The zero-order chi connectivity index (χ0) is 26.6. The third-order valence-corrected chi connectivity index (χ3v) is 6.09. The molecule has 1 amide bonds. The number of methoxy groups -OCH3 is 1. The average Bonchev–Trinajstić information content (AvgIpc) is 2.88. The summed E-state index contributed by atoms with van der Waals surface area (Å²) in [5.74, 6) is 1.15. The average molecular weight is 509 g/mol. The third-order valence-electron chi connectivity index (χ3n) is 6.09. The van der Waals surface area contributed by atoms with Crippen molar-refractivity contribution in [3.05, 3.63) is 66.4 Å². The van der Waals surface area contributed by atoms with Crippen molar-refractivity contribution in [3.63, 3.8) is 0 Å². The number of hydrogen-bond donors (Lipinski definition) is 0. The second-order valence-corrected chi connectivity index (χ2v) is 9.87. The summed E-state index contributed by atoms with van der Waals surface area (Å²) < 4.78 is 31.8. The second-order valence-electron chi connectivity index (χ2n) is 9.87. The quantitative estimate of drug-likeness (QED) is 0.414. The van der Waals surface area contributed by atoms with Gasteiger partial charge in [-0.05, 0) is 57.0 Å².